The molecule has 0 fully saturated rings. The minimum atomic E-state index is -0.676. The lowest BCUT2D eigenvalue weighted by molar-refractivity contribution is 0.0594. The smallest absolute Gasteiger partial charge is 0.357 e. The molecule has 0 amide bonds. The molecule has 0 atom stereocenters. The fourth-order valence-electron chi connectivity index (χ4n) is 2.03. The van der Waals surface area contributed by atoms with Crippen molar-refractivity contribution in [3.05, 3.63) is 46.4 Å². The van der Waals surface area contributed by atoms with E-state index < -0.39 is 5.97 Å². The lowest BCUT2D eigenvalue weighted by Crippen LogP contribution is -2.20. The van der Waals surface area contributed by atoms with Crippen LogP contribution in [0.25, 0.3) is 16.8 Å². The fourth-order valence-corrected chi connectivity index (χ4v) is 2.03. The molecule has 7 heteroatoms. The van der Waals surface area contributed by atoms with E-state index >= 15 is 0 Å². The molecule has 3 rings (SSSR count). The zero-order valence-corrected chi connectivity index (χ0v) is 10.0. The molecular formula is C12H10N4O3. The molecule has 2 aromatic heterocycles. The van der Waals surface area contributed by atoms with Crippen LogP contribution in [0.1, 0.15) is 10.5 Å². The average Bonchev–Trinajstić information content (AvgIpc) is 2.72. The van der Waals surface area contributed by atoms with Crippen LogP contribution >= 0.6 is 0 Å². The molecule has 0 spiro atoms. The summed E-state index contributed by atoms with van der Waals surface area (Å²) in [7, 11) is 1.23. The maximum atomic E-state index is 12.1. The van der Waals surface area contributed by atoms with Gasteiger partial charge in [0.15, 0.2) is 5.69 Å². The van der Waals surface area contributed by atoms with Gasteiger partial charge in [-0.25, -0.2) is 18.9 Å². The molecule has 2 N–H and O–H groups in total. The van der Waals surface area contributed by atoms with E-state index in [1.165, 1.54) is 16.2 Å². The van der Waals surface area contributed by atoms with E-state index in [0.717, 1.165) is 6.07 Å². The lowest BCUT2D eigenvalue weighted by atomic mass is 10.3. The Bertz CT molecular complexity index is 862. The zero-order valence-electron chi connectivity index (χ0n) is 10.0. The average molecular weight is 258 g/mol. The van der Waals surface area contributed by atoms with Gasteiger partial charge in [-0.3, -0.25) is 4.79 Å². The summed E-state index contributed by atoms with van der Waals surface area (Å²) in [5.41, 5.74) is 0.829. The number of hydrogen-bond donors (Lipinski definition) is 1. The first kappa shape index (κ1) is 11.3. The summed E-state index contributed by atoms with van der Waals surface area (Å²) in [6.45, 7) is 0. The van der Waals surface area contributed by atoms with Crippen molar-refractivity contribution in [1.82, 2.24) is 14.1 Å². The summed E-state index contributed by atoms with van der Waals surface area (Å²) < 4.78 is 7.17. The number of carbonyl (C=O) groups is 1. The van der Waals surface area contributed by atoms with Gasteiger partial charge in [0.2, 0.25) is 5.78 Å². The highest BCUT2D eigenvalue weighted by Gasteiger charge is 2.16. The van der Waals surface area contributed by atoms with Crippen LogP contribution < -0.4 is 11.4 Å². The van der Waals surface area contributed by atoms with Gasteiger partial charge in [-0.1, -0.05) is 12.1 Å². The Morgan fingerprint density at radius 1 is 1.32 bits per heavy atom. The predicted octanol–water partition coefficient (Wildman–Crippen LogP) is 0.150. The topological polar surface area (TPSA) is 91.6 Å². The molecule has 3 aromatic rings. The van der Waals surface area contributed by atoms with Crippen molar-refractivity contribution in [1.29, 1.82) is 0 Å². The molecule has 0 aliphatic carbocycles. The molecule has 2 heterocycles. The summed E-state index contributed by atoms with van der Waals surface area (Å²) in [5, 5.41) is 0. The van der Waals surface area contributed by atoms with Gasteiger partial charge in [0, 0.05) is 6.07 Å². The zero-order chi connectivity index (χ0) is 13.6. The number of fused-ring (bicyclic) bond motifs is 3. The number of imidazole rings is 1. The third kappa shape index (κ3) is 1.48. The largest absolute Gasteiger partial charge is 0.464 e. The minimum absolute atomic E-state index is 0.0676. The molecule has 0 saturated carbocycles. The van der Waals surface area contributed by atoms with E-state index in [-0.39, 0.29) is 17.0 Å². The Hall–Kier alpha value is -2.83. The maximum Gasteiger partial charge on any atom is 0.357 e. The standard InChI is InChI=1S/C12H10N4O3/c1-19-11(18)7-6-10(17)15-8-4-2-3-5-9(8)16(13)12(15)14-7/h2-6H,13H2,1H3. The highest BCUT2D eigenvalue weighted by Crippen LogP contribution is 2.15. The molecule has 1 aromatic carbocycles. The minimum Gasteiger partial charge on any atom is -0.464 e. The van der Waals surface area contributed by atoms with Crippen molar-refractivity contribution in [2.75, 3.05) is 13.0 Å². The van der Waals surface area contributed by atoms with Crippen molar-refractivity contribution in [2.24, 2.45) is 0 Å². The van der Waals surface area contributed by atoms with Gasteiger partial charge in [-0.15, -0.1) is 0 Å². The number of nitrogens with two attached hydrogens (primary N) is 1. The third-order valence-electron chi connectivity index (χ3n) is 2.89. The van der Waals surface area contributed by atoms with Crippen LogP contribution in [0.15, 0.2) is 35.1 Å². The second-order valence-electron chi connectivity index (χ2n) is 3.97. The van der Waals surface area contributed by atoms with Gasteiger partial charge < -0.3 is 10.6 Å². The first-order valence-corrected chi connectivity index (χ1v) is 5.50. The highest BCUT2D eigenvalue weighted by molar-refractivity contribution is 5.88. The van der Waals surface area contributed by atoms with Gasteiger partial charge in [0.05, 0.1) is 18.1 Å². The van der Waals surface area contributed by atoms with Crippen LogP contribution in [-0.4, -0.2) is 27.1 Å². The van der Waals surface area contributed by atoms with Crippen LogP contribution in [0.4, 0.5) is 0 Å². The SMILES string of the molecule is COC(=O)c1cc(=O)n2c3ccccc3n(N)c2n1. The maximum absolute atomic E-state index is 12.1. The molecule has 0 aliphatic heterocycles. The molecular weight excluding hydrogens is 248 g/mol. The van der Waals surface area contributed by atoms with Gasteiger partial charge in [0.1, 0.15) is 0 Å². The number of hydrogen-bond acceptors (Lipinski definition) is 5. The number of para-hydroxylation sites is 2. The van der Waals surface area contributed by atoms with Crippen molar-refractivity contribution in [3.8, 4) is 0 Å². The monoisotopic (exact) mass is 258 g/mol. The van der Waals surface area contributed by atoms with Crippen LogP contribution in [0.3, 0.4) is 0 Å². The quantitative estimate of drug-likeness (QED) is 0.495. The lowest BCUT2D eigenvalue weighted by Gasteiger charge is -2.00. The van der Waals surface area contributed by atoms with Crippen LogP contribution in [-0.2, 0) is 4.74 Å². The number of rotatable bonds is 1. The molecule has 0 aliphatic rings. The number of nitrogens with zero attached hydrogens (tertiary/aromatic N) is 3. The molecule has 0 unspecified atom stereocenters. The van der Waals surface area contributed by atoms with Crippen LogP contribution in [0.2, 0.25) is 0 Å². The predicted molar refractivity (Wildman–Crippen MR) is 68.4 cm³/mol. The fraction of sp³-hybridized carbons (Fsp3) is 0.0833. The highest BCUT2D eigenvalue weighted by atomic mass is 16.5. The Morgan fingerprint density at radius 3 is 2.68 bits per heavy atom. The molecule has 0 saturated heterocycles. The number of benzene rings is 1. The number of nitrogen functional groups attached to an aromatic ring is 1. The van der Waals surface area contributed by atoms with Crippen molar-refractivity contribution in [3.63, 3.8) is 0 Å². The van der Waals surface area contributed by atoms with Crippen LogP contribution in [0, 0.1) is 0 Å². The number of aromatic nitrogens is 3. The van der Waals surface area contributed by atoms with E-state index in [4.69, 9.17) is 5.84 Å². The summed E-state index contributed by atoms with van der Waals surface area (Å²) in [6.07, 6.45) is 0. The van der Waals surface area contributed by atoms with Crippen molar-refractivity contribution in [2.45, 2.75) is 0 Å². The number of methoxy groups -OCH3 is 1. The van der Waals surface area contributed by atoms with Gasteiger partial charge >= 0.3 is 5.97 Å². The van der Waals surface area contributed by atoms with Crippen molar-refractivity contribution < 1.29 is 9.53 Å². The second kappa shape index (κ2) is 3.84. The second-order valence-corrected chi connectivity index (χ2v) is 3.97. The molecule has 7 nitrogen and oxygen atoms in total. The van der Waals surface area contributed by atoms with Crippen molar-refractivity contribution >= 4 is 22.8 Å². The Labute approximate surface area is 106 Å². The Morgan fingerprint density at radius 2 is 2.00 bits per heavy atom. The Kier molecular flexibility index (Phi) is 2.28. The molecule has 19 heavy (non-hydrogen) atoms. The molecule has 96 valence electrons. The number of esters is 1. The molecule has 0 bridgehead atoms. The summed E-state index contributed by atoms with van der Waals surface area (Å²) >= 11 is 0. The van der Waals surface area contributed by atoms with E-state index in [9.17, 15) is 9.59 Å². The Balaban J connectivity index is 2.50. The van der Waals surface area contributed by atoms with E-state index in [1.807, 2.05) is 0 Å². The van der Waals surface area contributed by atoms with E-state index in [0.29, 0.717) is 11.0 Å². The van der Waals surface area contributed by atoms with Gasteiger partial charge in [-0.05, 0) is 12.1 Å². The summed E-state index contributed by atoms with van der Waals surface area (Å²) in [5.74, 6) is 5.41. The van der Waals surface area contributed by atoms with Crippen LogP contribution in [0.5, 0.6) is 0 Å². The molecule has 0 radical (unpaired) electrons. The van der Waals surface area contributed by atoms with E-state index in [1.54, 1.807) is 24.3 Å². The first-order chi connectivity index (χ1) is 9.13. The summed E-state index contributed by atoms with van der Waals surface area (Å²) in [4.78, 5) is 27.6. The van der Waals surface area contributed by atoms with E-state index in [2.05, 4.69) is 9.72 Å². The van der Waals surface area contributed by atoms with Gasteiger partial charge in [-0.2, -0.15) is 0 Å². The summed E-state index contributed by atoms with van der Waals surface area (Å²) in [6, 6.07) is 8.25. The third-order valence-corrected chi connectivity index (χ3v) is 2.89. The van der Waals surface area contributed by atoms with Gasteiger partial charge in [0.25, 0.3) is 5.56 Å². The number of ether oxygens (including phenoxy) is 1. The number of carbonyl (C=O) groups excluding carboxylic acids is 1. The first-order valence-electron chi connectivity index (χ1n) is 5.50. The normalized spacial score (nSPS) is 11.0.